The molecular formula is C20H18N4O2S. The Morgan fingerprint density at radius 1 is 1.04 bits per heavy atom. The lowest BCUT2D eigenvalue weighted by Gasteiger charge is -2.05. The van der Waals surface area contributed by atoms with Gasteiger partial charge in [-0.3, -0.25) is 4.57 Å². The number of thioether (sulfide) groups is 1. The van der Waals surface area contributed by atoms with Crippen LogP contribution in [0, 0.1) is 0 Å². The van der Waals surface area contributed by atoms with Gasteiger partial charge in [0.05, 0.1) is 5.69 Å². The lowest BCUT2D eigenvalue weighted by Crippen LogP contribution is -2.18. The lowest BCUT2D eigenvalue weighted by atomic mass is 10.1. The fraction of sp³-hybridized carbons (Fsp3) is 0.150. The van der Waals surface area contributed by atoms with E-state index in [9.17, 15) is 4.79 Å². The van der Waals surface area contributed by atoms with E-state index in [0.29, 0.717) is 23.3 Å². The molecule has 0 radical (unpaired) electrons. The van der Waals surface area contributed by atoms with E-state index in [0.717, 1.165) is 17.7 Å². The molecule has 2 aromatic carbocycles. The molecule has 0 bridgehead atoms. The third kappa shape index (κ3) is 4.20. The second-order valence-electron chi connectivity index (χ2n) is 6.00. The third-order valence-electron chi connectivity index (χ3n) is 4.11. The Morgan fingerprint density at radius 3 is 2.56 bits per heavy atom. The fourth-order valence-corrected chi connectivity index (χ4v) is 3.57. The number of nitrogens with zero attached hydrogens (tertiary/aromatic N) is 3. The van der Waals surface area contributed by atoms with Crippen LogP contribution in [-0.2, 0) is 18.7 Å². The number of hydrogen-bond acceptors (Lipinski definition) is 5. The molecule has 2 heterocycles. The van der Waals surface area contributed by atoms with Crippen LogP contribution >= 0.6 is 11.8 Å². The highest BCUT2D eigenvalue weighted by atomic mass is 32.2. The zero-order chi connectivity index (χ0) is 18.5. The molecule has 0 aliphatic carbocycles. The molecule has 6 nitrogen and oxygen atoms in total. The van der Waals surface area contributed by atoms with Crippen molar-refractivity contribution in [3.05, 3.63) is 88.7 Å². The molecule has 136 valence electrons. The Balaban J connectivity index is 1.42. The van der Waals surface area contributed by atoms with Crippen molar-refractivity contribution in [2.45, 2.75) is 23.9 Å². The highest BCUT2D eigenvalue weighted by molar-refractivity contribution is 7.98. The van der Waals surface area contributed by atoms with Crippen LogP contribution in [0.15, 0.2) is 81.3 Å². The first-order valence-corrected chi connectivity index (χ1v) is 9.60. The van der Waals surface area contributed by atoms with Crippen molar-refractivity contribution in [3.8, 4) is 11.5 Å². The van der Waals surface area contributed by atoms with Gasteiger partial charge in [-0.2, -0.15) is 0 Å². The molecule has 0 fully saturated rings. The summed E-state index contributed by atoms with van der Waals surface area (Å²) in [5.74, 6) is 1.17. The molecule has 27 heavy (non-hydrogen) atoms. The average Bonchev–Trinajstić information content (AvgIpc) is 3.33. The van der Waals surface area contributed by atoms with E-state index in [1.807, 2.05) is 48.5 Å². The molecule has 4 aromatic rings. The number of rotatable bonds is 7. The highest BCUT2D eigenvalue weighted by Gasteiger charge is 2.12. The summed E-state index contributed by atoms with van der Waals surface area (Å²) < 4.78 is 7.22. The van der Waals surface area contributed by atoms with Crippen molar-refractivity contribution >= 4 is 11.8 Å². The summed E-state index contributed by atoms with van der Waals surface area (Å²) in [6.07, 6.45) is 2.42. The zero-order valence-electron chi connectivity index (χ0n) is 14.5. The second kappa shape index (κ2) is 8.09. The number of benzene rings is 2. The Labute approximate surface area is 160 Å². The number of hydrogen-bond donors (Lipinski definition) is 1. The fourth-order valence-electron chi connectivity index (χ4n) is 2.72. The Hall–Kier alpha value is -3.06. The maximum Gasteiger partial charge on any atom is 0.343 e. The summed E-state index contributed by atoms with van der Waals surface area (Å²) in [5.41, 5.74) is 2.74. The smallest absolute Gasteiger partial charge is 0.343 e. The topological polar surface area (TPSA) is 76.7 Å². The Kier molecular flexibility index (Phi) is 5.20. The first-order chi connectivity index (χ1) is 13.3. The molecule has 7 heteroatoms. The van der Waals surface area contributed by atoms with Gasteiger partial charge in [0.25, 0.3) is 0 Å². The van der Waals surface area contributed by atoms with Gasteiger partial charge in [0.15, 0.2) is 5.16 Å². The first-order valence-electron chi connectivity index (χ1n) is 8.61. The van der Waals surface area contributed by atoms with Crippen LogP contribution in [0.25, 0.3) is 11.5 Å². The van der Waals surface area contributed by atoms with Crippen LogP contribution in [0.5, 0.6) is 0 Å². The summed E-state index contributed by atoms with van der Waals surface area (Å²) >= 11 is 1.46. The minimum atomic E-state index is -0.196. The Bertz CT molecular complexity index is 1050. The number of aromatic nitrogens is 4. The van der Waals surface area contributed by atoms with Crippen LogP contribution in [0.2, 0.25) is 0 Å². The van der Waals surface area contributed by atoms with Gasteiger partial charge in [0.1, 0.15) is 6.26 Å². The molecule has 0 unspecified atom stereocenters. The molecule has 0 aliphatic heterocycles. The number of aryl methyl sites for hydroxylation is 1. The zero-order valence-corrected chi connectivity index (χ0v) is 15.4. The van der Waals surface area contributed by atoms with Gasteiger partial charge in [-0.15, -0.1) is 5.10 Å². The largest absolute Gasteiger partial charge is 0.444 e. The minimum Gasteiger partial charge on any atom is -0.444 e. The molecule has 0 atom stereocenters. The van der Waals surface area contributed by atoms with Crippen molar-refractivity contribution in [1.82, 2.24) is 19.7 Å². The predicted octanol–water partition coefficient (Wildman–Crippen LogP) is 3.76. The predicted molar refractivity (Wildman–Crippen MR) is 104 cm³/mol. The van der Waals surface area contributed by atoms with Crippen LogP contribution in [0.4, 0.5) is 0 Å². The van der Waals surface area contributed by atoms with E-state index in [2.05, 4.69) is 27.3 Å². The van der Waals surface area contributed by atoms with E-state index in [4.69, 9.17) is 4.42 Å². The van der Waals surface area contributed by atoms with Crippen LogP contribution in [0.1, 0.15) is 11.3 Å². The van der Waals surface area contributed by atoms with Gasteiger partial charge in [-0.1, -0.05) is 60.3 Å². The van der Waals surface area contributed by atoms with Gasteiger partial charge >= 0.3 is 5.69 Å². The van der Waals surface area contributed by atoms with Crippen LogP contribution < -0.4 is 5.69 Å². The van der Waals surface area contributed by atoms with Gasteiger partial charge in [-0.25, -0.2) is 14.9 Å². The molecule has 1 N–H and O–H groups in total. The quantitative estimate of drug-likeness (QED) is 0.496. The van der Waals surface area contributed by atoms with Crippen molar-refractivity contribution in [3.63, 3.8) is 0 Å². The monoisotopic (exact) mass is 378 g/mol. The SMILES string of the molecule is O=c1[nH]nc(SCc2coc(-c3ccccc3)n2)n1CCc1ccccc1. The van der Waals surface area contributed by atoms with E-state index in [-0.39, 0.29) is 5.69 Å². The molecular weight excluding hydrogens is 360 g/mol. The summed E-state index contributed by atoms with van der Waals surface area (Å²) in [6, 6.07) is 19.8. The molecule has 0 amide bonds. The van der Waals surface area contributed by atoms with Crippen molar-refractivity contribution in [2.75, 3.05) is 0 Å². The minimum absolute atomic E-state index is 0.196. The van der Waals surface area contributed by atoms with Gasteiger partial charge in [-0.05, 0) is 24.1 Å². The normalized spacial score (nSPS) is 11.0. The molecule has 2 aromatic heterocycles. The third-order valence-corrected chi connectivity index (χ3v) is 5.12. The summed E-state index contributed by atoms with van der Waals surface area (Å²) in [7, 11) is 0. The van der Waals surface area contributed by atoms with Crippen molar-refractivity contribution < 1.29 is 4.42 Å². The molecule has 4 rings (SSSR count). The van der Waals surface area contributed by atoms with Crippen molar-refractivity contribution in [1.29, 1.82) is 0 Å². The van der Waals surface area contributed by atoms with E-state index < -0.39 is 0 Å². The van der Waals surface area contributed by atoms with Crippen LogP contribution in [0.3, 0.4) is 0 Å². The first kappa shape index (κ1) is 17.4. The summed E-state index contributed by atoms with van der Waals surface area (Å²) in [6.45, 7) is 0.579. The Morgan fingerprint density at radius 2 is 1.78 bits per heavy atom. The summed E-state index contributed by atoms with van der Waals surface area (Å²) in [5, 5.41) is 7.32. The van der Waals surface area contributed by atoms with Crippen LogP contribution in [-0.4, -0.2) is 19.7 Å². The van der Waals surface area contributed by atoms with Gasteiger partial charge in [0.2, 0.25) is 5.89 Å². The molecule has 0 spiro atoms. The number of aromatic amines is 1. The van der Waals surface area contributed by atoms with E-state index >= 15 is 0 Å². The van der Waals surface area contributed by atoms with Gasteiger partial charge < -0.3 is 4.42 Å². The number of H-pyrrole nitrogens is 1. The highest BCUT2D eigenvalue weighted by Crippen LogP contribution is 2.23. The van der Waals surface area contributed by atoms with E-state index in [1.165, 1.54) is 17.3 Å². The molecule has 0 saturated heterocycles. The standard InChI is InChI=1S/C20H18N4O2S/c25-19-22-23-20(24(19)12-11-15-7-3-1-4-8-15)27-14-17-13-26-18(21-17)16-9-5-2-6-10-16/h1-10,13H,11-12,14H2,(H,22,25). The molecule has 0 aliphatic rings. The lowest BCUT2D eigenvalue weighted by molar-refractivity contribution is 0.573. The number of nitrogens with one attached hydrogen (secondary N) is 1. The maximum absolute atomic E-state index is 12.1. The van der Waals surface area contributed by atoms with E-state index in [1.54, 1.807) is 10.8 Å². The number of oxazole rings is 1. The van der Waals surface area contributed by atoms with Gasteiger partial charge in [0, 0.05) is 17.9 Å². The molecule has 0 saturated carbocycles. The second-order valence-corrected chi connectivity index (χ2v) is 6.94. The summed E-state index contributed by atoms with van der Waals surface area (Å²) in [4.78, 5) is 16.6. The average molecular weight is 378 g/mol. The maximum atomic E-state index is 12.1. The van der Waals surface area contributed by atoms with Crippen molar-refractivity contribution in [2.24, 2.45) is 0 Å².